The molecule has 1 saturated carbocycles. The average Bonchev–Trinajstić information content (AvgIpc) is 3.16. The van der Waals surface area contributed by atoms with Gasteiger partial charge in [0.05, 0.1) is 12.1 Å². The van der Waals surface area contributed by atoms with Crippen molar-refractivity contribution in [3.05, 3.63) is 29.5 Å². The van der Waals surface area contributed by atoms with Gasteiger partial charge in [-0.1, -0.05) is 12.1 Å². The molecule has 5 heteroatoms. The number of halogens is 1. The number of rotatable bonds is 4. The first kappa shape index (κ1) is 11.7. The first-order chi connectivity index (χ1) is 8.72. The van der Waals surface area contributed by atoms with E-state index in [1.165, 1.54) is 0 Å². The largest absolute Gasteiger partial charge is 0.396 e. The third-order valence-corrected chi connectivity index (χ3v) is 3.67. The van der Waals surface area contributed by atoms with Crippen LogP contribution in [0.15, 0.2) is 24.3 Å². The summed E-state index contributed by atoms with van der Waals surface area (Å²) in [5.41, 5.74) is 0.868. The van der Waals surface area contributed by atoms with Crippen LogP contribution in [-0.4, -0.2) is 28.2 Å². The van der Waals surface area contributed by atoms with Gasteiger partial charge in [0.2, 0.25) is 5.28 Å². The SMILES string of the molecule is OCC1(CNc2nc(Cl)nc3ccccc23)CC1. The van der Waals surface area contributed by atoms with Gasteiger partial charge < -0.3 is 10.4 Å². The van der Waals surface area contributed by atoms with Gasteiger partial charge in [0, 0.05) is 17.3 Å². The first-order valence-electron chi connectivity index (χ1n) is 5.99. The summed E-state index contributed by atoms with van der Waals surface area (Å²) in [4.78, 5) is 8.41. The minimum Gasteiger partial charge on any atom is -0.396 e. The summed E-state index contributed by atoms with van der Waals surface area (Å²) >= 11 is 5.91. The van der Waals surface area contributed by atoms with Gasteiger partial charge in [-0.2, -0.15) is 0 Å². The Labute approximate surface area is 110 Å². The smallest absolute Gasteiger partial charge is 0.224 e. The van der Waals surface area contributed by atoms with Crippen LogP contribution in [0.5, 0.6) is 0 Å². The second-order valence-electron chi connectivity index (χ2n) is 4.87. The van der Waals surface area contributed by atoms with Crippen molar-refractivity contribution >= 4 is 28.3 Å². The fourth-order valence-corrected chi connectivity index (χ4v) is 2.20. The topological polar surface area (TPSA) is 58.0 Å². The predicted molar refractivity (Wildman–Crippen MR) is 71.8 cm³/mol. The van der Waals surface area contributed by atoms with Crippen LogP contribution < -0.4 is 5.32 Å². The van der Waals surface area contributed by atoms with E-state index in [1.807, 2.05) is 24.3 Å². The molecule has 3 rings (SSSR count). The third-order valence-electron chi connectivity index (χ3n) is 3.50. The van der Waals surface area contributed by atoms with Gasteiger partial charge in [0.25, 0.3) is 0 Å². The lowest BCUT2D eigenvalue weighted by Crippen LogP contribution is -2.19. The number of para-hydroxylation sites is 1. The number of nitrogens with zero attached hydrogens (tertiary/aromatic N) is 2. The molecular formula is C13H14ClN3O. The van der Waals surface area contributed by atoms with E-state index in [1.54, 1.807) is 0 Å². The highest BCUT2D eigenvalue weighted by atomic mass is 35.5. The van der Waals surface area contributed by atoms with Crippen LogP contribution in [0.2, 0.25) is 5.28 Å². The molecule has 1 heterocycles. The summed E-state index contributed by atoms with van der Waals surface area (Å²) in [6.07, 6.45) is 2.13. The molecule has 1 aliphatic rings. The quantitative estimate of drug-likeness (QED) is 0.832. The van der Waals surface area contributed by atoms with E-state index >= 15 is 0 Å². The van der Waals surface area contributed by atoms with Gasteiger partial charge in [0.15, 0.2) is 0 Å². The Morgan fingerprint density at radius 2 is 2.06 bits per heavy atom. The van der Waals surface area contributed by atoms with E-state index < -0.39 is 0 Å². The van der Waals surface area contributed by atoms with E-state index in [0.29, 0.717) is 0 Å². The number of fused-ring (bicyclic) bond motifs is 1. The second kappa shape index (κ2) is 4.37. The number of aliphatic hydroxyl groups is 1. The standard InChI is InChI=1S/C13H14ClN3O/c14-12-16-10-4-2-1-3-9(10)11(17-12)15-7-13(8-18)5-6-13/h1-4,18H,5-8H2,(H,15,16,17). The Hall–Kier alpha value is -1.39. The van der Waals surface area contributed by atoms with Crippen molar-refractivity contribution in [3.8, 4) is 0 Å². The van der Waals surface area contributed by atoms with Crippen LogP contribution in [-0.2, 0) is 0 Å². The number of hydrogen-bond acceptors (Lipinski definition) is 4. The summed E-state index contributed by atoms with van der Waals surface area (Å²) in [6, 6.07) is 7.74. The zero-order chi connectivity index (χ0) is 12.6. The van der Waals surface area contributed by atoms with Crippen LogP contribution in [0.25, 0.3) is 10.9 Å². The summed E-state index contributed by atoms with van der Waals surface area (Å²) in [7, 11) is 0. The highest BCUT2D eigenvalue weighted by molar-refractivity contribution is 6.28. The normalized spacial score (nSPS) is 16.8. The molecule has 0 saturated heterocycles. The van der Waals surface area contributed by atoms with E-state index in [0.717, 1.165) is 36.1 Å². The predicted octanol–water partition coefficient (Wildman–Crippen LogP) is 2.47. The minimum absolute atomic E-state index is 0.0402. The van der Waals surface area contributed by atoms with Crippen LogP contribution in [0, 0.1) is 5.41 Å². The molecular weight excluding hydrogens is 250 g/mol. The second-order valence-corrected chi connectivity index (χ2v) is 5.21. The molecule has 1 aliphatic carbocycles. The molecule has 0 unspecified atom stereocenters. The molecule has 94 valence electrons. The zero-order valence-corrected chi connectivity index (χ0v) is 10.6. The van der Waals surface area contributed by atoms with E-state index in [-0.39, 0.29) is 17.3 Å². The first-order valence-corrected chi connectivity index (χ1v) is 6.37. The van der Waals surface area contributed by atoms with E-state index in [9.17, 15) is 5.11 Å². The van der Waals surface area contributed by atoms with Crippen molar-refractivity contribution in [1.29, 1.82) is 0 Å². The molecule has 0 spiro atoms. The Bertz CT molecular complexity index is 583. The Balaban J connectivity index is 1.91. The highest BCUT2D eigenvalue weighted by Gasteiger charge is 2.41. The van der Waals surface area contributed by atoms with Crippen molar-refractivity contribution in [2.45, 2.75) is 12.8 Å². The maximum atomic E-state index is 9.30. The van der Waals surface area contributed by atoms with Gasteiger partial charge in [0.1, 0.15) is 5.82 Å². The minimum atomic E-state index is 0.0402. The third kappa shape index (κ3) is 2.13. The van der Waals surface area contributed by atoms with Crippen LogP contribution in [0.1, 0.15) is 12.8 Å². The zero-order valence-electron chi connectivity index (χ0n) is 9.86. The summed E-state index contributed by atoms with van der Waals surface area (Å²) in [5.74, 6) is 0.741. The monoisotopic (exact) mass is 263 g/mol. The number of aliphatic hydroxyl groups excluding tert-OH is 1. The highest BCUT2D eigenvalue weighted by Crippen LogP contribution is 2.45. The van der Waals surface area contributed by atoms with Gasteiger partial charge in [-0.05, 0) is 36.6 Å². The molecule has 1 fully saturated rings. The van der Waals surface area contributed by atoms with Crippen LogP contribution in [0.4, 0.5) is 5.82 Å². The molecule has 1 aromatic carbocycles. The molecule has 2 aromatic rings. The summed E-state index contributed by atoms with van der Waals surface area (Å²) in [5, 5.41) is 13.8. The van der Waals surface area contributed by atoms with Crippen molar-refractivity contribution < 1.29 is 5.11 Å². The molecule has 18 heavy (non-hydrogen) atoms. The lowest BCUT2D eigenvalue weighted by Gasteiger charge is -2.14. The number of benzene rings is 1. The fourth-order valence-electron chi connectivity index (χ4n) is 2.02. The molecule has 2 N–H and O–H groups in total. The Morgan fingerprint density at radius 1 is 1.28 bits per heavy atom. The average molecular weight is 264 g/mol. The molecule has 4 nitrogen and oxygen atoms in total. The van der Waals surface area contributed by atoms with Crippen molar-refractivity contribution in [3.63, 3.8) is 0 Å². The molecule has 1 aromatic heterocycles. The van der Waals surface area contributed by atoms with Crippen LogP contribution >= 0.6 is 11.6 Å². The van der Waals surface area contributed by atoms with Gasteiger partial charge in [-0.25, -0.2) is 9.97 Å². The Kier molecular flexibility index (Phi) is 2.84. The number of anilines is 1. The van der Waals surface area contributed by atoms with Crippen molar-refractivity contribution in [2.24, 2.45) is 5.41 Å². The van der Waals surface area contributed by atoms with Gasteiger partial charge in [-0.15, -0.1) is 0 Å². The van der Waals surface area contributed by atoms with Crippen LogP contribution in [0.3, 0.4) is 0 Å². The van der Waals surface area contributed by atoms with Crippen molar-refractivity contribution in [1.82, 2.24) is 9.97 Å². The van der Waals surface area contributed by atoms with E-state index in [4.69, 9.17) is 11.6 Å². The lowest BCUT2D eigenvalue weighted by atomic mass is 10.1. The van der Waals surface area contributed by atoms with Gasteiger partial charge >= 0.3 is 0 Å². The molecule has 0 amide bonds. The molecule has 0 atom stereocenters. The molecule has 0 radical (unpaired) electrons. The molecule has 0 aliphatic heterocycles. The maximum absolute atomic E-state index is 9.30. The molecule has 0 bridgehead atoms. The number of hydrogen-bond donors (Lipinski definition) is 2. The lowest BCUT2D eigenvalue weighted by molar-refractivity contribution is 0.219. The van der Waals surface area contributed by atoms with E-state index in [2.05, 4.69) is 15.3 Å². The number of aromatic nitrogens is 2. The Morgan fingerprint density at radius 3 is 2.78 bits per heavy atom. The van der Waals surface area contributed by atoms with Gasteiger partial charge in [-0.3, -0.25) is 0 Å². The van der Waals surface area contributed by atoms with Crippen molar-refractivity contribution in [2.75, 3.05) is 18.5 Å². The summed E-state index contributed by atoms with van der Waals surface area (Å²) in [6.45, 7) is 0.942. The fraction of sp³-hybridized carbons (Fsp3) is 0.385. The summed E-state index contributed by atoms with van der Waals surface area (Å²) < 4.78 is 0. The maximum Gasteiger partial charge on any atom is 0.224 e. The number of nitrogens with one attached hydrogen (secondary N) is 1.